The molecule has 0 saturated carbocycles. The quantitative estimate of drug-likeness (QED) is 0.796. The van der Waals surface area contributed by atoms with Crippen molar-refractivity contribution in [1.29, 1.82) is 0 Å². The van der Waals surface area contributed by atoms with E-state index in [2.05, 4.69) is 0 Å². The molecule has 3 heteroatoms. The van der Waals surface area contributed by atoms with E-state index in [9.17, 15) is 4.79 Å². The first kappa shape index (κ1) is 11.9. The molecule has 1 aromatic carbocycles. The Balaban J connectivity index is 2.79. The van der Waals surface area contributed by atoms with E-state index in [1.807, 2.05) is 31.2 Å². The highest BCUT2D eigenvalue weighted by Gasteiger charge is 2.19. The molecule has 0 spiro atoms. The van der Waals surface area contributed by atoms with Gasteiger partial charge in [-0.25, -0.2) is 0 Å². The Morgan fingerprint density at radius 3 is 2.33 bits per heavy atom. The Hall–Kier alpha value is -1.22. The SMILES string of the molecule is CC(=S)C(Cc1ccc(C)cc1)C(=O)O. The lowest BCUT2D eigenvalue weighted by atomic mass is 9.96. The van der Waals surface area contributed by atoms with Gasteiger partial charge in [0.15, 0.2) is 0 Å². The second-order valence-corrected chi connectivity index (χ2v) is 4.34. The Morgan fingerprint density at radius 1 is 1.40 bits per heavy atom. The molecule has 1 atom stereocenters. The summed E-state index contributed by atoms with van der Waals surface area (Å²) in [5.74, 6) is -1.40. The fourth-order valence-electron chi connectivity index (χ4n) is 1.36. The van der Waals surface area contributed by atoms with Gasteiger partial charge in [0.1, 0.15) is 0 Å². The van der Waals surface area contributed by atoms with Crippen molar-refractivity contribution in [3.63, 3.8) is 0 Å². The Bertz CT molecular complexity index is 354. The molecule has 80 valence electrons. The van der Waals surface area contributed by atoms with E-state index in [1.165, 1.54) is 5.56 Å². The minimum atomic E-state index is -0.844. The molecule has 1 unspecified atom stereocenters. The molecule has 2 nitrogen and oxygen atoms in total. The monoisotopic (exact) mass is 222 g/mol. The predicted octanol–water partition coefficient (Wildman–Crippen LogP) is 2.63. The first-order valence-corrected chi connectivity index (χ1v) is 5.20. The molecule has 15 heavy (non-hydrogen) atoms. The molecule has 0 saturated heterocycles. The topological polar surface area (TPSA) is 37.3 Å². The molecule has 0 heterocycles. The number of hydrogen-bond donors (Lipinski definition) is 1. The number of carboxylic acids is 1. The van der Waals surface area contributed by atoms with Gasteiger partial charge < -0.3 is 5.11 Å². The summed E-state index contributed by atoms with van der Waals surface area (Å²) in [7, 11) is 0. The highest BCUT2D eigenvalue weighted by Crippen LogP contribution is 2.12. The van der Waals surface area contributed by atoms with Crippen molar-refractivity contribution in [3.05, 3.63) is 35.4 Å². The molecular formula is C12H14O2S. The number of aliphatic carboxylic acids is 1. The second-order valence-electron chi connectivity index (χ2n) is 3.69. The van der Waals surface area contributed by atoms with Gasteiger partial charge in [-0.3, -0.25) is 4.79 Å². The predicted molar refractivity (Wildman–Crippen MR) is 64.3 cm³/mol. The average molecular weight is 222 g/mol. The lowest BCUT2D eigenvalue weighted by molar-refractivity contribution is -0.139. The standard InChI is InChI=1S/C12H14O2S/c1-8-3-5-10(6-4-8)7-11(9(2)15)12(13)14/h3-6,11H,7H2,1-2H3,(H,13,14). The van der Waals surface area contributed by atoms with Crippen LogP contribution in [0.25, 0.3) is 0 Å². The number of carboxylic acid groups (broad SMARTS) is 1. The van der Waals surface area contributed by atoms with Crippen LogP contribution in [0.1, 0.15) is 18.1 Å². The van der Waals surface area contributed by atoms with Gasteiger partial charge in [-0.15, -0.1) is 0 Å². The van der Waals surface area contributed by atoms with Gasteiger partial charge >= 0.3 is 5.97 Å². The third-order valence-electron chi connectivity index (χ3n) is 2.35. The number of carbonyl (C=O) groups is 1. The maximum Gasteiger partial charge on any atom is 0.311 e. The van der Waals surface area contributed by atoms with Gasteiger partial charge in [0.2, 0.25) is 0 Å². The van der Waals surface area contributed by atoms with Crippen LogP contribution in [-0.2, 0) is 11.2 Å². The van der Waals surface area contributed by atoms with E-state index in [4.69, 9.17) is 17.3 Å². The molecule has 0 aliphatic heterocycles. The lowest BCUT2D eigenvalue weighted by Gasteiger charge is -2.10. The smallest absolute Gasteiger partial charge is 0.311 e. The van der Waals surface area contributed by atoms with Crippen LogP contribution in [0.15, 0.2) is 24.3 Å². The Morgan fingerprint density at radius 2 is 1.93 bits per heavy atom. The van der Waals surface area contributed by atoms with Crippen molar-refractivity contribution >= 4 is 23.1 Å². The fourth-order valence-corrected chi connectivity index (χ4v) is 1.55. The van der Waals surface area contributed by atoms with Gasteiger partial charge in [-0.1, -0.05) is 42.0 Å². The van der Waals surface area contributed by atoms with Crippen molar-refractivity contribution in [1.82, 2.24) is 0 Å². The largest absolute Gasteiger partial charge is 0.481 e. The molecule has 1 aromatic rings. The summed E-state index contributed by atoms with van der Waals surface area (Å²) in [6.07, 6.45) is 0.477. The summed E-state index contributed by atoms with van der Waals surface area (Å²) in [4.78, 5) is 11.5. The van der Waals surface area contributed by atoms with Gasteiger partial charge in [-0.05, 0) is 25.8 Å². The molecule has 0 radical (unpaired) electrons. The molecule has 1 rings (SSSR count). The van der Waals surface area contributed by atoms with Crippen LogP contribution in [-0.4, -0.2) is 15.9 Å². The van der Waals surface area contributed by atoms with Crippen LogP contribution in [0.5, 0.6) is 0 Å². The molecular weight excluding hydrogens is 208 g/mol. The minimum absolute atomic E-state index is 0.477. The normalized spacial score (nSPS) is 12.1. The highest BCUT2D eigenvalue weighted by molar-refractivity contribution is 7.80. The Kier molecular flexibility index (Phi) is 3.97. The van der Waals surface area contributed by atoms with Crippen LogP contribution in [0, 0.1) is 12.8 Å². The van der Waals surface area contributed by atoms with E-state index >= 15 is 0 Å². The number of thiocarbonyl (C=S) groups is 1. The lowest BCUT2D eigenvalue weighted by Crippen LogP contribution is -2.22. The number of benzene rings is 1. The van der Waals surface area contributed by atoms with Gasteiger partial charge in [0, 0.05) is 4.86 Å². The van der Waals surface area contributed by atoms with E-state index in [-0.39, 0.29) is 0 Å². The van der Waals surface area contributed by atoms with Gasteiger partial charge in [0.25, 0.3) is 0 Å². The second kappa shape index (κ2) is 5.03. The molecule has 0 fully saturated rings. The van der Waals surface area contributed by atoms with Crippen molar-refractivity contribution < 1.29 is 9.90 Å². The number of hydrogen-bond acceptors (Lipinski definition) is 2. The highest BCUT2D eigenvalue weighted by atomic mass is 32.1. The van der Waals surface area contributed by atoms with Gasteiger partial charge in [-0.2, -0.15) is 0 Å². The van der Waals surface area contributed by atoms with E-state index in [0.29, 0.717) is 11.3 Å². The number of aryl methyl sites for hydroxylation is 1. The van der Waals surface area contributed by atoms with E-state index in [1.54, 1.807) is 6.92 Å². The summed E-state index contributed by atoms with van der Waals surface area (Å²) in [6.45, 7) is 3.69. The third kappa shape index (κ3) is 3.44. The summed E-state index contributed by atoms with van der Waals surface area (Å²) < 4.78 is 0. The van der Waals surface area contributed by atoms with Crippen molar-refractivity contribution in [2.24, 2.45) is 5.92 Å². The van der Waals surface area contributed by atoms with Crippen molar-refractivity contribution in [2.45, 2.75) is 20.3 Å². The molecule has 0 aliphatic carbocycles. The van der Waals surface area contributed by atoms with Crippen LogP contribution in [0.2, 0.25) is 0 Å². The number of rotatable bonds is 4. The van der Waals surface area contributed by atoms with Crippen LogP contribution in [0.4, 0.5) is 0 Å². The summed E-state index contributed by atoms with van der Waals surface area (Å²) in [5, 5.41) is 8.97. The van der Waals surface area contributed by atoms with Crippen LogP contribution >= 0.6 is 12.2 Å². The van der Waals surface area contributed by atoms with E-state index in [0.717, 1.165) is 5.56 Å². The zero-order valence-electron chi connectivity index (χ0n) is 8.86. The fraction of sp³-hybridized carbons (Fsp3) is 0.333. The first-order chi connectivity index (χ1) is 7.00. The van der Waals surface area contributed by atoms with Crippen molar-refractivity contribution in [2.75, 3.05) is 0 Å². The average Bonchev–Trinajstić information content (AvgIpc) is 2.15. The zero-order valence-corrected chi connectivity index (χ0v) is 9.67. The molecule has 1 N–H and O–H groups in total. The van der Waals surface area contributed by atoms with Crippen LogP contribution < -0.4 is 0 Å². The molecule has 0 bridgehead atoms. The van der Waals surface area contributed by atoms with E-state index < -0.39 is 11.9 Å². The zero-order chi connectivity index (χ0) is 11.4. The summed E-state index contributed by atoms with van der Waals surface area (Å²) in [6, 6.07) is 7.85. The van der Waals surface area contributed by atoms with Crippen LogP contribution in [0.3, 0.4) is 0 Å². The maximum atomic E-state index is 10.9. The summed E-state index contributed by atoms with van der Waals surface area (Å²) >= 11 is 4.94. The maximum absolute atomic E-state index is 10.9. The molecule has 0 aromatic heterocycles. The first-order valence-electron chi connectivity index (χ1n) is 4.79. The minimum Gasteiger partial charge on any atom is -0.481 e. The molecule has 0 amide bonds. The van der Waals surface area contributed by atoms with Gasteiger partial charge in [0.05, 0.1) is 5.92 Å². The third-order valence-corrected chi connectivity index (χ3v) is 2.63. The summed E-state index contributed by atoms with van der Waals surface area (Å²) in [5.41, 5.74) is 2.18. The van der Waals surface area contributed by atoms with Crippen molar-refractivity contribution in [3.8, 4) is 0 Å². The molecule has 0 aliphatic rings. The Labute approximate surface area is 94.9 Å².